The monoisotopic (exact) mass is 332 g/mol. The normalized spacial score (nSPS) is 29.4. The summed E-state index contributed by atoms with van der Waals surface area (Å²) in [5.74, 6) is 5.22. The van der Waals surface area contributed by atoms with Crippen molar-refractivity contribution in [2.24, 2.45) is 0 Å². The van der Waals surface area contributed by atoms with Crippen molar-refractivity contribution in [3.63, 3.8) is 0 Å². The molecule has 0 radical (unpaired) electrons. The lowest BCUT2D eigenvalue weighted by Crippen LogP contribution is -2.47. The summed E-state index contributed by atoms with van der Waals surface area (Å²) in [7, 11) is 0. The van der Waals surface area contributed by atoms with E-state index >= 15 is 0 Å². The molecule has 4 nitrogen and oxygen atoms in total. The van der Waals surface area contributed by atoms with Gasteiger partial charge >= 0.3 is 0 Å². The quantitative estimate of drug-likeness (QED) is 0.607. The third-order valence-electron chi connectivity index (χ3n) is 4.15. The molecule has 0 bridgehead atoms. The average Bonchev–Trinajstić information content (AvgIpc) is 3.08. The van der Waals surface area contributed by atoms with E-state index < -0.39 is 0 Å². The largest absolute Gasteiger partial charge is 0.315 e. The summed E-state index contributed by atoms with van der Waals surface area (Å²) in [4.78, 5) is 2.61. The lowest BCUT2D eigenvalue weighted by molar-refractivity contribution is 0.212. The Bertz CT molecular complexity index is 201. The Balaban J connectivity index is 0.000000120. The van der Waals surface area contributed by atoms with Gasteiger partial charge in [0.2, 0.25) is 0 Å². The number of hydrogen-bond donors (Lipinski definition) is 3. The molecule has 4 heterocycles. The number of fused-ring (bicyclic) bond motifs is 1. The predicted octanol–water partition coefficient (Wildman–Crippen LogP) is 0.700. The Morgan fingerprint density at radius 1 is 0.714 bits per heavy atom. The lowest BCUT2D eigenvalue weighted by Gasteiger charge is -2.29. The van der Waals surface area contributed by atoms with E-state index in [0.717, 1.165) is 6.04 Å². The molecule has 3 N–H and O–H groups in total. The summed E-state index contributed by atoms with van der Waals surface area (Å²) in [6.45, 7) is 9.93. The first-order valence-corrected chi connectivity index (χ1v) is 10.8. The maximum atomic E-state index is 3.41. The van der Waals surface area contributed by atoms with Gasteiger partial charge in [0.15, 0.2) is 0 Å². The molecule has 21 heavy (non-hydrogen) atoms. The van der Waals surface area contributed by atoms with Crippen LogP contribution in [0.3, 0.4) is 0 Å². The van der Waals surface area contributed by atoms with Crippen molar-refractivity contribution in [1.29, 1.82) is 0 Å². The smallest absolute Gasteiger partial charge is 0.0221 e. The van der Waals surface area contributed by atoms with Gasteiger partial charge in [0.05, 0.1) is 0 Å². The van der Waals surface area contributed by atoms with E-state index in [0.29, 0.717) is 0 Å². The number of nitrogens with one attached hydrogen (secondary N) is 3. The third-order valence-corrected chi connectivity index (χ3v) is 6.12. The molecule has 0 aromatic rings. The first-order chi connectivity index (χ1) is 10.5. The van der Waals surface area contributed by atoms with Crippen molar-refractivity contribution in [1.82, 2.24) is 20.9 Å². The molecule has 4 aliphatic heterocycles. The van der Waals surface area contributed by atoms with Crippen LogP contribution in [-0.4, -0.2) is 86.3 Å². The first kappa shape index (κ1) is 17.9. The van der Waals surface area contributed by atoms with Crippen LogP contribution < -0.4 is 16.0 Å². The second-order valence-corrected chi connectivity index (χ2v) is 8.21. The molecule has 4 aliphatic rings. The second kappa shape index (κ2) is 12.0. The van der Waals surface area contributed by atoms with E-state index in [-0.39, 0.29) is 0 Å². The molecule has 0 saturated carbocycles. The first-order valence-electron chi connectivity index (χ1n) is 8.48. The fourth-order valence-corrected chi connectivity index (χ4v) is 4.51. The number of nitrogens with zero attached hydrogens (tertiary/aromatic N) is 1. The zero-order valence-corrected chi connectivity index (χ0v) is 14.9. The van der Waals surface area contributed by atoms with Gasteiger partial charge in [-0.1, -0.05) is 0 Å². The van der Waals surface area contributed by atoms with Gasteiger partial charge in [-0.2, -0.15) is 23.5 Å². The van der Waals surface area contributed by atoms with Gasteiger partial charge < -0.3 is 16.0 Å². The van der Waals surface area contributed by atoms with Gasteiger partial charge in [-0.3, -0.25) is 4.90 Å². The molecule has 1 unspecified atom stereocenters. The summed E-state index contributed by atoms with van der Waals surface area (Å²) >= 11 is 4.06. The molecule has 0 aromatic heterocycles. The molecule has 0 aromatic carbocycles. The Morgan fingerprint density at radius 2 is 1.33 bits per heavy atom. The van der Waals surface area contributed by atoms with Crippen LogP contribution in [0.15, 0.2) is 0 Å². The van der Waals surface area contributed by atoms with Crippen molar-refractivity contribution in [2.75, 3.05) is 75.4 Å². The van der Waals surface area contributed by atoms with Gasteiger partial charge in [-0.25, -0.2) is 0 Å². The minimum atomic E-state index is 0.888. The predicted molar refractivity (Wildman–Crippen MR) is 97.9 cm³/mol. The molecule has 124 valence electrons. The van der Waals surface area contributed by atoms with Gasteiger partial charge in [-0.05, 0) is 19.4 Å². The third kappa shape index (κ3) is 8.09. The zero-order chi connectivity index (χ0) is 14.6. The Hall–Kier alpha value is 0.540. The molecule has 0 amide bonds. The van der Waals surface area contributed by atoms with Crippen molar-refractivity contribution in [3.8, 4) is 0 Å². The maximum absolute atomic E-state index is 3.41. The average molecular weight is 333 g/mol. The number of piperazine rings is 1. The van der Waals surface area contributed by atoms with Crippen LogP contribution in [0.5, 0.6) is 0 Å². The molecule has 4 fully saturated rings. The topological polar surface area (TPSA) is 39.3 Å². The number of rotatable bonds is 0. The van der Waals surface area contributed by atoms with E-state index in [2.05, 4.69) is 20.9 Å². The maximum Gasteiger partial charge on any atom is 0.0221 e. The molecular formula is C15H32N4S2. The fraction of sp³-hybridized carbons (Fsp3) is 1.00. The zero-order valence-electron chi connectivity index (χ0n) is 13.2. The lowest BCUT2D eigenvalue weighted by atomic mass is 10.2. The minimum Gasteiger partial charge on any atom is -0.315 e. The van der Waals surface area contributed by atoms with Crippen molar-refractivity contribution in [2.45, 2.75) is 18.9 Å². The number of thioether (sulfide) groups is 2. The van der Waals surface area contributed by atoms with Crippen LogP contribution >= 0.6 is 23.5 Å². The highest BCUT2D eigenvalue weighted by Crippen LogP contribution is 2.17. The summed E-state index contributed by atoms with van der Waals surface area (Å²) in [5, 5.41) is 9.94. The van der Waals surface area contributed by atoms with E-state index in [1.165, 1.54) is 88.2 Å². The SMILES string of the molecule is C1CC2CNCCN2C1.C1CSCCN1.C1CSCCN1. The summed E-state index contributed by atoms with van der Waals surface area (Å²) in [6.07, 6.45) is 2.85. The summed E-state index contributed by atoms with van der Waals surface area (Å²) in [5.41, 5.74) is 0. The van der Waals surface area contributed by atoms with Gasteiger partial charge in [0.1, 0.15) is 0 Å². The second-order valence-electron chi connectivity index (χ2n) is 5.76. The minimum absolute atomic E-state index is 0.888. The van der Waals surface area contributed by atoms with Gasteiger partial charge in [0, 0.05) is 74.9 Å². The molecule has 1 atom stereocenters. The summed E-state index contributed by atoms with van der Waals surface area (Å²) < 4.78 is 0. The molecular weight excluding hydrogens is 300 g/mol. The van der Waals surface area contributed by atoms with Crippen LogP contribution in [0.2, 0.25) is 0 Å². The van der Waals surface area contributed by atoms with E-state index in [1.807, 2.05) is 23.5 Å². The highest BCUT2D eigenvalue weighted by molar-refractivity contribution is 7.99. The Labute approximate surface area is 138 Å². The van der Waals surface area contributed by atoms with Crippen LogP contribution in [0.4, 0.5) is 0 Å². The Kier molecular flexibility index (Phi) is 10.2. The standard InChI is InChI=1S/C7H14N2.2C4H9NS/c1-2-7-6-8-3-5-9(7)4-1;2*1-3-6-4-2-5-1/h7-8H,1-6H2;2*5H,1-4H2. The molecule has 0 spiro atoms. The van der Waals surface area contributed by atoms with E-state index in [1.54, 1.807) is 0 Å². The van der Waals surface area contributed by atoms with Gasteiger partial charge in [-0.15, -0.1) is 0 Å². The van der Waals surface area contributed by atoms with Gasteiger partial charge in [0.25, 0.3) is 0 Å². The molecule has 4 rings (SSSR count). The Morgan fingerprint density at radius 3 is 1.76 bits per heavy atom. The van der Waals surface area contributed by atoms with Crippen LogP contribution in [0, 0.1) is 0 Å². The molecule has 4 saturated heterocycles. The van der Waals surface area contributed by atoms with E-state index in [4.69, 9.17) is 0 Å². The van der Waals surface area contributed by atoms with Crippen LogP contribution in [-0.2, 0) is 0 Å². The van der Waals surface area contributed by atoms with Crippen LogP contribution in [0.25, 0.3) is 0 Å². The van der Waals surface area contributed by atoms with Crippen molar-refractivity contribution in [3.05, 3.63) is 0 Å². The van der Waals surface area contributed by atoms with Crippen molar-refractivity contribution < 1.29 is 0 Å². The van der Waals surface area contributed by atoms with Crippen molar-refractivity contribution >= 4 is 23.5 Å². The van der Waals surface area contributed by atoms with Crippen LogP contribution in [0.1, 0.15) is 12.8 Å². The molecule has 0 aliphatic carbocycles. The van der Waals surface area contributed by atoms with E-state index in [9.17, 15) is 0 Å². The number of hydrogen-bond acceptors (Lipinski definition) is 6. The highest BCUT2D eigenvalue weighted by Gasteiger charge is 2.25. The molecule has 6 heteroatoms. The highest BCUT2D eigenvalue weighted by atomic mass is 32.2. The summed E-state index contributed by atoms with van der Waals surface area (Å²) in [6, 6.07) is 0.888. The fourth-order valence-electron chi connectivity index (χ4n) is 2.94.